The van der Waals surface area contributed by atoms with Crippen molar-refractivity contribution in [2.75, 3.05) is 0 Å². The SMILES string of the molecule is CC(=O)NC(=O)c1[nH]cnc1C(N)=O. The number of nitrogens with zero attached hydrogens (tertiary/aromatic N) is 1. The van der Waals surface area contributed by atoms with Crippen LogP contribution in [-0.4, -0.2) is 27.7 Å². The van der Waals surface area contributed by atoms with Crippen molar-refractivity contribution in [1.82, 2.24) is 15.3 Å². The summed E-state index contributed by atoms with van der Waals surface area (Å²) < 4.78 is 0. The maximum Gasteiger partial charge on any atom is 0.276 e. The number of carbonyl (C=O) groups is 3. The fraction of sp³-hybridized carbons (Fsp3) is 0.143. The number of imidazole rings is 1. The summed E-state index contributed by atoms with van der Waals surface area (Å²) in [5.41, 5.74) is 4.63. The number of aromatic nitrogens is 2. The van der Waals surface area contributed by atoms with Gasteiger partial charge in [-0.05, 0) is 0 Å². The second-order valence-electron chi connectivity index (χ2n) is 2.50. The van der Waals surface area contributed by atoms with E-state index in [0.29, 0.717) is 0 Å². The Bertz CT molecular complexity index is 395. The smallest absolute Gasteiger partial charge is 0.276 e. The maximum atomic E-state index is 11.2. The zero-order valence-electron chi connectivity index (χ0n) is 7.33. The van der Waals surface area contributed by atoms with Crippen LogP contribution in [0.15, 0.2) is 6.33 Å². The van der Waals surface area contributed by atoms with Gasteiger partial charge in [0.25, 0.3) is 11.8 Å². The number of amides is 3. The zero-order valence-corrected chi connectivity index (χ0v) is 7.33. The molecule has 4 N–H and O–H groups in total. The molecule has 0 spiro atoms. The van der Waals surface area contributed by atoms with E-state index in [4.69, 9.17) is 5.73 Å². The number of primary amides is 1. The highest BCUT2D eigenvalue weighted by molar-refractivity contribution is 6.08. The molecule has 0 saturated heterocycles. The van der Waals surface area contributed by atoms with E-state index in [1.807, 2.05) is 5.32 Å². The first-order valence-corrected chi connectivity index (χ1v) is 3.67. The second kappa shape index (κ2) is 3.69. The van der Waals surface area contributed by atoms with Crippen LogP contribution in [0, 0.1) is 0 Å². The molecule has 7 heteroatoms. The molecule has 0 aliphatic carbocycles. The number of hydrogen-bond donors (Lipinski definition) is 3. The molecule has 0 fully saturated rings. The summed E-state index contributed by atoms with van der Waals surface area (Å²) in [5.74, 6) is -2.09. The van der Waals surface area contributed by atoms with Crippen LogP contribution in [-0.2, 0) is 4.79 Å². The minimum Gasteiger partial charge on any atom is -0.364 e. The molecule has 74 valence electrons. The van der Waals surface area contributed by atoms with E-state index in [2.05, 4.69) is 9.97 Å². The van der Waals surface area contributed by atoms with Crippen LogP contribution in [0.5, 0.6) is 0 Å². The van der Waals surface area contributed by atoms with E-state index in [9.17, 15) is 14.4 Å². The van der Waals surface area contributed by atoms with Crippen molar-refractivity contribution in [2.24, 2.45) is 5.73 Å². The number of H-pyrrole nitrogens is 1. The predicted octanol–water partition coefficient (Wildman–Crippen LogP) is -1.22. The monoisotopic (exact) mass is 196 g/mol. The molecule has 1 aromatic heterocycles. The molecule has 0 atom stereocenters. The van der Waals surface area contributed by atoms with Gasteiger partial charge in [0.15, 0.2) is 5.69 Å². The Labute approximate surface area is 78.7 Å². The van der Waals surface area contributed by atoms with Gasteiger partial charge < -0.3 is 10.7 Å². The van der Waals surface area contributed by atoms with Crippen molar-refractivity contribution in [3.63, 3.8) is 0 Å². The molecule has 0 aliphatic rings. The standard InChI is InChI=1S/C7H8N4O3/c1-3(12)11-7(14)5-4(6(8)13)9-2-10-5/h2H,1H3,(H2,8,13)(H,9,10)(H,11,12,14). The first kappa shape index (κ1) is 9.90. The molecule has 0 saturated carbocycles. The number of carbonyl (C=O) groups excluding carboxylic acids is 3. The molecule has 3 amide bonds. The number of hydrogen-bond acceptors (Lipinski definition) is 4. The van der Waals surface area contributed by atoms with Gasteiger partial charge in [0.05, 0.1) is 6.33 Å². The van der Waals surface area contributed by atoms with E-state index < -0.39 is 17.7 Å². The van der Waals surface area contributed by atoms with Crippen molar-refractivity contribution in [3.8, 4) is 0 Å². The van der Waals surface area contributed by atoms with Crippen LogP contribution in [0.25, 0.3) is 0 Å². The number of imide groups is 1. The molecule has 7 nitrogen and oxygen atoms in total. The fourth-order valence-electron chi connectivity index (χ4n) is 0.877. The van der Waals surface area contributed by atoms with Crippen LogP contribution in [0.3, 0.4) is 0 Å². The van der Waals surface area contributed by atoms with E-state index in [0.717, 1.165) is 6.33 Å². The van der Waals surface area contributed by atoms with Gasteiger partial charge in [0, 0.05) is 6.92 Å². The van der Waals surface area contributed by atoms with Gasteiger partial charge in [-0.2, -0.15) is 0 Å². The summed E-state index contributed by atoms with van der Waals surface area (Å²) in [5, 5.41) is 1.98. The molecule has 0 bridgehead atoms. The quantitative estimate of drug-likeness (QED) is 0.549. The molecule has 1 heterocycles. The summed E-state index contributed by atoms with van der Waals surface area (Å²) in [6, 6.07) is 0. The number of rotatable bonds is 2. The van der Waals surface area contributed by atoms with Crippen LogP contribution < -0.4 is 11.1 Å². The predicted molar refractivity (Wildman–Crippen MR) is 45.3 cm³/mol. The fourth-order valence-corrected chi connectivity index (χ4v) is 0.877. The van der Waals surface area contributed by atoms with E-state index in [-0.39, 0.29) is 11.4 Å². The van der Waals surface area contributed by atoms with E-state index in [1.54, 1.807) is 0 Å². The van der Waals surface area contributed by atoms with Gasteiger partial charge in [0.1, 0.15) is 5.69 Å². The average Bonchev–Trinajstić information content (AvgIpc) is 2.49. The highest BCUT2D eigenvalue weighted by atomic mass is 16.2. The number of nitrogens with one attached hydrogen (secondary N) is 2. The Kier molecular flexibility index (Phi) is 2.61. The maximum absolute atomic E-state index is 11.2. The molecule has 1 rings (SSSR count). The molecular weight excluding hydrogens is 188 g/mol. The molecule has 0 aromatic carbocycles. The normalized spacial score (nSPS) is 9.50. The molecule has 0 radical (unpaired) electrons. The van der Waals surface area contributed by atoms with Gasteiger partial charge in [-0.1, -0.05) is 0 Å². The van der Waals surface area contributed by atoms with Gasteiger partial charge in [0.2, 0.25) is 5.91 Å². The Morgan fingerprint density at radius 2 is 2.14 bits per heavy atom. The molecular formula is C7H8N4O3. The van der Waals surface area contributed by atoms with Crippen LogP contribution in [0.2, 0.25) is 0 Å². The average molecular weight is 196 g/mol. The number of nitrogens with two attached hydrogens (primary N) is 1. The minimum absolute atomic E-state index is 0.118. The van der Waals surface area contributed by atoms with Crippen LogP contribution in [0.4, 0.5) is 0 Å². The lowest BCUT2D eigenvalue weighted by Gasteiger charge is -1.98. The summed E-state index contributed by atoms with van der Waals surface area (Å²) in [7, 11) is 0. The van der Waals surface area contributed by atoms with Crippen LogP contribution >= 0.6 is 0 Å². The summed E-state index contributed by atoms with van der Waals surface area (Å²) in [6.07, 6.45) is 1.15. The Hall–Kier alpha value is -2.18. The Morgan fingerprint density at radius 3 is 2.64 bits per heavy atom. The molecule has 0 aliphatic heterocycles. The Balaban J connectivity index is 2.95. The summed E-state index contributed by atoms with van der Waals surface area (Å²) in [4.78, 5) is 38.5. The zero-order chi connectivity index (χ0) is 10.7. The second-order valence-corrected chi connectivity index (χ2v) is 2.50. The highest BCUT2D eigenvalue weighted by Gasteiger charge is 2.18. The molecule has 1 aromatic rings. The third-order valence-electron chi connectivity index (χ3n) is 1.39. The first-order valence-electron chi connectivity index (χ1n) is 3.67. The lowest BCUT2D eigenvalue weighted by Crippen LogP contribution is -2.30. The highest BCUT2D eigenvalue weighted by Crippen LogP contribution is 2.00. The largest absolute Gasteiger partial charge is 0.364 e. The van der Waals surface area contributed by atoms with E-state index in [1.165, 1.54) is 6.92 Å². The third kappa shape index (κ3) is 1.94. The lowest BCUT2D eigenvalue weighted by molar-refractivity contribution is -0.118. The minimum atomic E-state index is -0.833. The summed E-state index contributed by atoms with van der Waals surface area (Å²) >= 11 is 0. The first-order chi connectivity index (χ1) is 6.52. The van der Waals surface area contributed by atoms with Gasteiger partial charge in [-0.3, -0.25) is 19.7 Å². The topological polar surface area (TPSA) is 118 Å². The van der Waals surface area contributed by atoms with Gasteiger partial charge in [-0.15, -0.1) is 0 Å². The van der Waals surface area contributed by atoms with Crippen LogP contribution in [0.1, 0.15) is 27.9 Å². The van der Waals surface area contributed by atoms with E-state index >= 15 is 0 Å². The Morgan fingerprint density at radius 1 is 1.50 bits per heavy atom. The summed E-state index contributed by atoms with van der Waals surface area (Å²) in [6.45, 7) is 1.18. The van der Waals surface area contributed by atoms with Crippen molar-refractivity contribution in [2.45, 2.75) is 6.92 Å². The van der Waals surface area contributed by atoms with Gasteiger partial charge in [-0.25, -0.2) is 4.98 Å². The molecule has 14 heavy (non-hydrogen) atoms. The lowest BCUT2D eigenvalue weighted by atomic mass is 10.3. The van der Waals surface area contributed by atoms with Crippen molar-refractivity contribution in [3.05, 3.63) is 17.7 Å². The van der Waals surface area contributed by atoms with Crippen molar-refractivity contribution < 1.29 is 14.4 Å². The molecule has 0 unspecified atom stereocenters. The van der Waals surface area contributed by atoms with Crippen molar-refractivity contribution >= 4 is 17.7 Å². The number of aromatic amines is 1. The third-order valence-corrected chi connectivity index (χ3v) is 1.39. The van der Waals surface area contributed by atoms with Crippen molar-refractivity contribution in [1.29, 1.82) is 0 Å². The van der Waals surface area contributed by atoms with Gasteiger partial charge >= 0.3 is 0 Å².